The number of nitrogens with two attached hydrogens (primary N) is 1. The fourth-order valence-electron chi connectivity index (χ4n) is 1.57. The molecular weight excluding hydrogens is 288 g/mol. The van der Waals surface area contributed by atoms with E-state index in [1.165, 1.54) is 18.2 Å². The Morgan fingerprint density at radius 2 is 2.11 bits per heavy atom. The molecule has 2 atom stereocenters. The summed E-state index contributed by atoms with van der Waals surface area (Å²) in [6.07, 6.45) is 0.760. The first kappa shape index (κ1) is 16.2. The lowest BCUT2D eigenvalue weighted by Gasteiger charge is -2.22. The van der Waals surface area contributed by atoms with Crippen molar-refractivity contribution in [3.05, 3.63) is 23.2 Å². The van der Waals surface area contributed by atoms with Gasteiger partial charge in [0.05, 0.1) is 22.2 Å². The third-order valence-electron chi connectivity index (χ3n) is 3.11. The highest BCUT2D eigenvalue weighted by Crippen LogP contribution is 2.22. The zero-order valence-corrected chi connectivity index (χ0v) is 12.5. The molecule has 0 fully saturated rings. The third kappa shape index (κ3) is 4.07. The van der Waals surface area contributed by atoms with Gasteiger partial charge in [-0.3, -0.25) is 0 Å². The van der Waals surface area contributed by atoms with E-state index < -0.39 is 16.1 Å². The van der Waals surface area contributed by atoms with Crippen LogP contribution in [0.15, 0.2) is 23.1 Å². The average Bonchev–Trinajstić information content (AvgIpc) is 2.38. The van der Waals surface area contributed by atoms with E-state index in [4.69, 9.17) is 17.3 Å². The van der Waals surface area contributed by atoms with Gasteiger partial charge in [-0.1, -0.05) is 31.9 Å². The third-order valence-corrected chi connectivity index (χ3v) is 4.94. The van der Waals surface area contributed by atoms with Crippen molar-refractivity contribution >= 4 is 27.3 Å². The molecule has 0 bridgehead atoms. The average molecular weight is 307 g/mol. The van der Waals surface area contributed by atoms with Gasteiger partial charge < -0.3 is 10.8 Å². The lowest BCUT2D eigenvalue weighted by atomic mass is 10.0. The van der Waals surface area contributed by atoms with E-state index in [9.17, 15) is 13.5 Å². The van der Waals surface area contributed by atoms with Crippen LogP contribution >= 0.6 is 11.6 Å². The summed E-state index contributed by atoms with van der Waals surface area (Å²) in [5, 5.41) is 9.57. The Labute approximate surface area is 118 Å². The van der Waals surface area contributed by atoms with Crippen LogP contribution in [0.5, 0.6) is 0 Å². The molecule has 0 radical (unpaired) electrons. The first-order valence-corrected chi connectivity index (χ1v) is 7.86. The Morgan fingerprint density at radius 3 is 2.58 bits per heavy atom. The molecule has 4 N–H and O–H groups in total. The molecule has 0 aliphatic rings. The highest BCUT2D eigenvalue weighted by Gasteiger charge is 2.23. The zero-order chi connectivity index (χ0) is 14.6. The van der Waals surface area contributed by atoms with Gasteiger partial charge in [-0.15, -0.1) is 0 Å². The number of hydrogen-bond donors (Lipinski definition) is 3. The number of rotatable bonds is 6. The molecule has 0 amide bonds. The molecule has 0 aliphatic heterocycles. The SMILES string of the molecule is CC[C@H](C)[C@@H](CO)NS(=O)(=O)c1ccc(Cl)c(N)c1. The van der Waals surface area contributed by atoms with Crippen molar-refractivity contribution in [1.82, 2.24) is 4.72 Å². The number of hydrogen-bond acceptors (Lipinski definition) is 4. The van der Waals surface area contributed by atoms with Crippen LogP contribution in [0.1, 0.15) is 20.3 Å². The number of benzene rings is 1. The van der Waals surface area contributed by atoms with Crippen LogP contribution in [0, 0.1) is 5.92 Å². The minimum absolute atomic E-state index is 0.0319. The maximum absolute atomic E-state index is 12.2. The fourth-order valence-corrected chi connectivity index (χ4v) is 3.06. The van der Waals surface area contributed by atoms with Crippen LogP contribution in [0.25, 0.3) is 0 Å². The van der Waals surface area contributed by atoms with E-state index in [-0.39, 0.29) is 23.1 Å². The number of nitrogen functional groups attached to an aromatic ring is 1. The number of sulfonamides is 1. The first-order chi connectivity index (χ1) is 8.81. The van der Waals surface area contributed by atoms with Crippen molar-refractivity contribution in [2.75, 3.05) is 12.3 Å². The summed E-state index contributed by atoms with van der Waals surface area (Å²) >= 11 is 5.76. The van der Waals surface area contributed by atoms with Gasteiger partial charge >= 0.3 is 0 Å². The topological polar surface area (TPSA) is 92.4 Å². The van der Waals surface area contributed by atoms with E-state index in [2.05, 4.69) is 4.72 Å². The summed E-state index contributed by atoms with van der Waals surface area (Å²) < 4.78 is 26.8. The summed E-state index contributed by atoms with van der Waals surface area (Å²) in [7, 11) is -3.71. The monoisotopic (exact) mass is 306 g/mol. The van der Waals surface area contributed by atoms with Gasteiger partial charge in [0.25, 0.3) is 0 Å². The number of aliphatic hydroxyl groups is 1. The number of anilines is 1. The molecule has 1 rings (SSSR count). The predicted octanol–water partition coefficient (Wildman–Crippen LogP) is 1.61. The fraction of sp³-hybridized carbons (Fsp3) is 0.500. The second-order valence-electron chi connectivity index (χ2n) is 4.48. The van der Waals surface area contributed by atoms with Crippen molar-refractivity contribution in [1.29, 1.82) is 0 Å². The van der Waals surface area contributed by atoms with Crippen molar-refractivity contribution < 1.29 is 13.5 Å². The van der Waals surface area contributed by atoms with Gasteiger partial charge in [0.15, 0.2) is 0 Å². The Hall–Kier alpha value is -0.820. The largest absolute Gasteiger partial charge is 0.397 e. The minimum atomic E-state index is -3.71. The highest BCUT2D eigenvalue weighted by atomic mass is 35.5. The number of aliphatic hydroxyl groups excluding tert-OH is 1. The van der Waals surface area contributed by atoms with Gasteiger partial charge in [0.1, 0.15) is 0 Å². The molecule has 1 aromatic carbocycles. The molecule has 7 heteroatoms. The van der Waals surface area contributed by atoms with Crippen LogP contribution in [-0.2, 0) is 10.0 Å². The Morgan fingerprint density at radius 1 is 1.47 bits per heavy atom. The summed E-state index contributed by atoms with van der Waals surface area (Å²) in [6.45, 7) is 3.55. The van der Waals surface area contributed by atoms with Gasteiger partial charge in [0, 0.05) is 6.04 Å². The molecule has 0 aliphatic carbocycles. The summed E-state index contributed by atoms with van der Waals surface area (Å²) in [4.78, 5) is 0.0381. The van der Waals surface area contributed by atoms with Crippen molar-refractivity contribution in [3.8, 4) is 0 Å². The molecule has 5 nitrogen and oxygen atoms in total. The van der Waals surface area contributed by atoms with Gasteiger partial charge in [0.2, 0.25) is 10.0 Å². The van der Waals surface area contributed by atoms with Gasteiger partial charge in [-0.25, -0.2) is 13.1 Å². The maximum Gasteiger partial charge on any atom is 0.240 e. The van der Waals surface area contributed by atoms with E-state index >= 15 is 0 Å². The second kappa shape index (κ2) is 6.56. The summed E-state index contributed by atoms with van der Waals surface area (Å²) in [6, 6.07) is 3.59. The summed E-state index contributed by atoms with van der Waals surface area (Å²) in [5.74, 6) is 0.0319. The normalized spacial score (nSPS) is 15.2. The number of nitrogens with one attached hydrogen (secondary N) is 1. The lowest BCUT2D eigenvalue weighted by molar-refractivity contribution is 0.219. The molecule has 0 saturated carbocycles. The molecule has 1 aromatic rings. The van der Waals surface area contributed by atoms with E-state index in [1.54, 1.807) is 0 Å². The standard InChI is InChI=1S/C12H19ClN2O3S/c1-3-8(2)12(7-16)15-19(17,18)9-4-5-10(13)11(14)6-9/h4-6,8,12,15-16H,3,7,14H2,1-2H3/t8-,12+/m0/s1. The van der Waals surface area contributed by atoms with Crippen LogP contribution in [-0.4, -0.2) is 26.2 Å². The zero-order valence-electron chi connectivity index (χ0n) is 10.9. The smallest absolute Gasteiger partial charge is 0.240 e. The van der Waals surface area contributed by atoms with Crippen molar-refractivity contribution in [2.45, 2.75) is 31.2 Å². The second-order valence-corrected chi connectivity index (χ2v) is 6.60. The van der Waals surface area contributed by atoms with E-state index in [1.807, 2.05) is 13.8 Å². The highest BCUT2D eigenvalue weighted by molar-refractivity contribution is 7.89. The molecule has 0 aromatic heterocycles. The van der Waals surface area contributed by atoms with E-state index in [0.717, 1.165) is 6.42 Å². The number of halogens is 1. The van der Waals surface area contributed by atoms with Crippen molar-refractivity contribution in [2.24, 2.45) is 5.92 Å². The Balaban J connectivity index is 3.00. The summed E-state index contributed by atoms with van der Waals surface area (Å²) in [5.41, 5.74) is 5.80. The van der Waals surface area contributed by atoms with Crippen LogP contribution in [0.3, 0.4) is 0 Å². The molecule has 108 valence electrons. The maximum atomic E-state index is 12.2. The molecule has 0 saturated heterocycles. The van der Waals surface area contributed by atoms with Gasteiger partial charge in [-0.2, -0.15) is 0 Å². The molecular formula is C12H19ClN2O3S. The quantitative estimate of drug-likeness (QED) is 0.696. The molecule has 0 unspecified atom stereocenters. The van der Waals surface area contributed by atoms with E-state index in [0.29, 0.717) is 5.02 Å². The van der Waals surface area contributed by atoms with Gasteiger partial charge in [-0.05, 0) is 24.1 Å². The minimum Gasteiger partial charge on any atom is -0.397 e. The molecule has 0 spiro atoms. The Bertz CT molecular complexity index is 534. The van der Waals surface area contributed by atoms with Crippen molar-refractivity contribution in [3.63, 3.8) is 0 Å². The van der Waals surface area contributed by atoms with Crippen LogP contribution < -0.4 is 10.5 Å². The Kier molecular flexibility index (Phi) is 5.61. The first-order valence-electron chi connectivity index (χ1n) is 6.00. The lowest BCUT2D eigenvalue weighted by Crippen LogP contribution is -2.41. The molecule has 0 heterocycles. The van der Waals surface area contributed by atoms with Crippen LogP contribution in [0.4, 0.5) is 5.69 Å². The van der Waals surface area contributed by atoms with Crippen LogP contribution in [0.2, 0.25) is 5.02 Å². The predicted molar refractivity (Wildman–Crippen MR) is 76.5 cm³/mol. The molecule has 19 heavy (non-hydrogen) atoms.